The van der Waals surface area contributed by atoms with Gasteiger partial charge in [0.25, 0.3) is 11.8 Å². The molecule has 3 rings (SSSR count). The number of alkyl halides is 4. The van der Waals surface area contributed by atoms with E-state index in [0.29, 0.717) is 32.4 Å². The largest absolute Gasteiger partial charge is 0.294 e. The number of hydrogen-bond acceptors (Lipinski definition) is 1. The quantitative estimate of drug-likeness (QED) is 0.614. The second kappa shape index (κ2) is 5.86. The van der Waals surface area contributed by atoms with Crippen molar-refractivity contribution in [2.75, 3.05) is 13.1 Å². The van der Waals surface area contributed by atoms with Gasteiger partial charge in [0.15, 0.2) is 0 Å². The molecular weight excluding hydrogens is 318 g/mol. The molecule has 0 saturated carbocycles. The van der Waals surface area contributed by atoms with Gasteiger partial charge in [-0.25, -0.2) is 17.6 Å². The summed E-state index contributed by atoms with van der Waals surface area (Å²) < 4.78 is 58.2. The van der Waals surface area contributed by atoms with Gasteiger partial charge in [-0.3, -0.25) is 4.90 Å². The second-order valence-corrected chi connectivity index (χ2v) is 7.95. The first-order valence-electron chi connectivity index (χ1n) is 9.03. The third kappa shape index (κ3) is 2.63. The number of allylic oxidation sites excluding steroid dienone is 3. The fraction of sp³-hybridized carbons (Fsp3) is 0.789. The van der Waals surface area contributed by atoms with Gasteiger partial charge in [-0.2, -0.15) is 0 Å². The molecule has 1 fully saturated rings. The van der Waals surface area contributed by atoms with Crippen molar-refractivity contribution < 1.29 is 17.6 Å². The minimum atomic E-state index is -2.77. The summed E-state index contributed by atoms with van der Waals surface area (Å²) in [5.41, 5.74) is 0.719. The normalized spacial score (nSPS) is 29.6. The van der Waals surface area contributed by atoms with Crippen molar-refractivity contribution >= 4 is 0 Å². The molecule has 5 heteroatoms. The fourth-order valence-electron chi connectivity index (χ4n) is 4.77. The number of halogens is 4. The predicted octanol–water partition coefficient (Wildman–Crippen LogP) is 5.43. The Morgan fingerprint density at radius 3 is 2.21 bits per heavy atom. The minimum Gasteiger partial charge on any atom is -0.294 e. The second-order valence-electron chi connectivity index (χ2n) is 7.95. The molecule has 24 heavy (non-hydrogen) atoms. The van der Waals surface area contributed by atoms with Crippen LogP contribution in [0.5, 0.6) is 0 Å². The Labute approximate surface area is 141 Å². The minimum absolute atomic E-state index is 0.162. The third-order valence-electron chi connectivity index (χ3n) is 6.63. The number of rotatable bonds is 4. The lowest BCUT2D eigenvalue weighted by Gasteiger charge is -2.52. The van der Waals surface area contributed by atoms with Gasteiger partial charge in [0.1, 0.15) is 0 Å². The molecule has 0 N–H and O–H groups in total. The summed E-state index contributed by atoms with van der Waals surface area (Å²) in [5.74, 6) is -5.67. The van der Waals surface area contributed by atoms with Crippen molar-refractivity contribution in [1.29, 1.82) is 0 Å². The Morgan fingerprint density at radius 2 is 1.75 bits per heavy atom. The van der Waals surface area contributed by atoms with Crippen molar-refractivity contribution in [2.24, 2.45) is 11.3 Å². The molecule has 1 aliphatic heterocycles. The van der Waals surface area contributed by atoms with Crippen LogP contribution in [0.3, 0.4) is 0 Å². The highest BCUT2D eigenvalue weighted by atomic mass is 19.3. The molecule has 0 aromatic rings. The van der Waals surface area contributed by atoms with E-state index in [-0.39, 0.29) is 18.8 Å². The van der Waals surface area contributed by atoms with Crippen molar-refractivity contribution in [1.82, 2.24) is 4.90 Å². The maximum atomic E-state index is 14.6. The number of hydrogen-bond donors (Lipinski definition) is 0. The highest BCUT2D eigenvalue weighted by Crippen LogP contribution is 2.53. The van der Waals surface area contributed by atoms with Crippen LogP contribution in [-0.4, -0.2) is 35.9 Å². The Hall–Kier alpha value is -0.840. The summed E-state index contributed by atoms with van der Waals surface area (Å²) in [7, 11) is 0. The molecule has 1 unspecified atom stereocenters. The van der Waals surface area contributed by atoms with E-state index in [4.69, 9.17) is 0 Å². The van der Waals surface area contributed by atoms with Crippen LogP contribution in [0, 0.1) is 11.3 Å². The van der Waals surface area contributed by atoms with E-state index in [0.717, 1.165) is 11.1 Å². The van der Waals surface area contributed by atoms with E-state index < -0.39 is 23.3 Å². The maximum absolute atomic E-state index is 14.6. The summed E-state index contributed by atoms with van der Waals surface area (Å²) >= 11 is 0. The summed E-state index contributed by atoms with van der Waals surface area (Å²) in [4.78, 5) is 1.77. The van der Waals surface area contributed by atoms with Gasteiger partial charge in [-0.1, -0.05) is 32.9 Å². The van der Waals surface area contributed by atoms with Crippen molar-refractivity contribution in [2.45, 2.75) is 70.8 Å². The number of piperidine rings is 1. The van der Waals surface area contributed by atoms with Gasteiger partial charge < -0.3 is 0 Å². The molecule has 0 radical (unpaired) electrons. The lowest BCUT2D eigenvalue weighted by Crippen LogP contribution is -2.58. The first-order chi connectivity index (χ1) is 11.1. The van der Waals surface area contributed by atoms with Crippen LogP contribution < -0.4 is 0 Å². The molecule has 0 aromatic carbocycles. The fourth-order valence-corrected chi connectivity index (χ4v) is 4.77. The predicted molar refractivity (Wildman–Crippen MR) is 87.5 cm³/mol. The van der Waals surface area contributed by atoms with Crippen molar-refractivity contribution in [3.8, 4) is 0 Å². The summed E-state index contributed by atoms with van der Waals surface area (Å²) in [6.45, 7) is 5.86. The first kappa shape index (κ1) is 18.0. The lowest BCUT2D eigenvalue weighted by molar-refractivity contribution is -0.182. The van der Waals surface area contributed by atoms with Gasteiger partial charge >= 0.3 is 0 Å². The highest BCUT2D eigenvalue weighted by Gasteiger charge is 2.57. The van der Waals surface area contributed by atoms with Crippen LogP contribution in [0.1, 0.15) is 52.9 Å². The molecule has 2 aliphatic carbocycles. The Balaban J connectivity index is 1.75. The number of nitrogens with zero attached hydrogens (tertiary/aromatic N) is 1. The topological polar surface area (TPSA) is 3.24 Å². The van der Waals surface area contributed by atoms with E-state index in [1.54, 1.807) is 11.0 Å². The zero-order valence-corrected chi connectivity index (χ0v) is 14.7. The van der Waals surface area contributed by atoms with Gasteiger partial charge in [0.05, 0.1) is 6.04 Å². The summed E-state index contributed by atoms with van der Waals surface area (Å²) in [6.07, 6.45) is 4.20. The number of likely N-dealkylation sites (tertiary alicyclic amines) is 1. The summed E-state index contributed by atoms with van der Waals surface area (Å²) in [6, 6.07) is -0.846. The monoisotopic (exact) mass is 345 g/mol. The molecule has 1 saturated heterocycles. The van der Waals surface area contributed by atoms with Crippen LogP contribution in [0.25, 0.3) is 0 Å². The Kier molecular flexibility index (Phi) is 4.38. The van der Waals surface area contributed by atoms with E-state index in [1.807, 2.05) is 19.9 Å². The van der Waals surface area contributed by atoms with Crippen molar-refractivity contribution in [3.63, 3.8) is 0 Å². The lowest BCUT2D eigenvalue weighted by atomic mass is 9.64. The molecular formula is C19H27F4N. The Bertz CT molecular complexity index is 554. The standard InChI is InChI=1S/C19H27F4N/c1-4-19(22,23)17(13(2)3)7-9-24(10-8-17)16-11-14-5-6-15(14)12-18(16,20)21/h5-6,13,16H,4,7-12H2,1-3H3. The SMILES string of the molecule is CCC(F)(F)C1(C(C)C)CCN(C2CC3=C(C=C3)CC2(F)F)CC1. The first-order valence-corrected chi connectivity index (χ1v) is 9.03. The average molecular weight is 345 g/mol. The zero-order chi connectivity index (χ0) is 17.8. The third-order valence-corrected chi connectivity index (χ3v) is 6.63. The van der Waals surface area contributed by atoms with Gasteiger partial charge in [0.2, 0.25) is 0 Å². The highest BCUT2D eigenvalue weighted by molar-refractivity contribution is 5.48. The van der Waals surface area contributed by atoms with Gasteiger partial charge in [-0.15, -0.1) is 0 Å². The maximum Gasteiger partial charge on any atom is 0.267 e. The Morgan fingerprint density at radius 1 is 1.17 bits per heavy atom. The van der Waals surface area contributed by atoms with Crippen LogP contribution >= 0.6 is 0 Å². The van der Waals surface area contributed by atoms with E-state index >= 15 is 0 Å². The van der Waals surface area contributed by atoms with E-state index in [9.17, 15) is 17.6 Å². The molecule has 136 valence electrons. The van der Waals surface area contributed by atoms with Crippen molar-refractivity contribution in [3.05, 3.63) is 23.3 Å². The average Bonchev–Trinajstić information content (AvgIpc) is 2.51. The molecule has 0 amide bonds. The van der Waals surface area contributed by atoms with Crippen LogP contribution in [0.15, 0.2) is 23.3 Å². The van der Waals surface area contributed by atoms with Gasteiger partial charge in [-0.05, 0) is 49.4 Å². The van der Waals surface area contributed by atoms with Crippen LogP contribution in [0.2, 0.25) is 0 Å². The molecule has 0 spiro atoms. The summed E-state index contributed by atoms with van der Waals surface area (Å²) in [5, 5.41) is 0. The molecule has 1 atom stereocenters. The molecule has 3 aliphatic rings. The smallest absolute Gasteiger partial charge is 0.267 e. The molecule has 1 heterocycles. The molecule has 0 aromatic heterocycles. The van der Waals surface area contributed by atoms with Gasteiger partial charge in [0, 0.05) is 18.3 Å². The zero-order valence-electron chi connectivity index (χ0n) is 14.7. The van der Waals surface area contributed by atoms with Crippen LogP contribution in [0.4, 0.5) is 17.6 Å². The molecule has 1 nitrogen and oxygen atoms in total. The van der Waals surface area contributed by atoms with E-state index in [2.05, 4.69) is 0 Å². The molecule has 0 bridgehead atoms. The van der Waals surface area contributed by atoms with Crippen LogP contribution in [-0.2, 0) is 0 Å². The van der Waals surface area contributed by atoms with E-state index in [1.165, 1.54) is 6.92 Å².